The number of carbonyl (C=O) groups is 1. The molecule has 174 valence electrons. The average Bonchev–Trinajstić information content (AvgIpc) is 3.26. The van der Waals surface area contributed by atoms with Crippen LogP contribution in [0.3, 0.4) is 0 Å². The summed E-state index contributed by atoms with van der Waals surface area (Å²) in [4.78, 5) is 39.3. The van der Waals surface area contributed by atoms with Gasteiger partial charge in [0.2, 0.25) is 0 Å². The maximum atomic E-state index is 12.8. The summed E-state index contributed by atoms with van der Waals surface area (Å²) in [5.74, 6) is -0.423. The lowest BCUT2D eigenvalue weighted by Crippen LogP contribution is -2.37. The van der Waals surface area contributed by atoms with E-state index in [0.717, 1.165) is 11.8 Å². The van der Waals surface area contributed by atoms with Crippen molar-refractivity contribution < 1.29 is 13.2 Å². The van der Waals surface area contributed by atoms with E-state index in [4.69, 9.17) is 5.73 Å². The van der Waals surface area contributed by atoms with Crippen LogP contribution in [0.25, 0.3) is 0 Å². The lowest BCUT2D eigenvalue weighted by atomic mass is 10.1. The SMILES string of the molecule is C=CCn1c(SCC(=O)c2c(N)n(CC(C)C)c(=O)[nH]c2=O)nnc1C1CCS(=O)(=O)C1. The van der Waals surface area contributed by atoms with Gasteiger partial charge in [0, 0.05) is 19.0 Å². The first-order valence-electron chi connectivity index (χ1n) is 10.1. The van der Waals surface area contributed by atoms with Crippen LogP contribution in [-0.4, -0.2) is 55.8 Å². The van der Waals surface area contributed by atoms with Gasteiger partial charge in [-0.25, -0.2) is 13.2 Å². The van der Waals surface area contributed by atoms with Gasteiger partial charge in [-0.3, -0.25) is 19.1 Å². The minimum absolute atomic E-state index is 0.00911. The number of carbonyl (C=O) groups excluding carboxylic acids is 1. The van der Waals surface area contributed by atoms with E-state index in [-0.39, 0.29) is 47.0 Å². The van der Waals surface area contributed by atoms with Crippen LogP contribution in [0.1, 0.15) is 42.4 Å². The smallest absolute Gasteiger partial charge is 0.329 e. The number of anilines is 1. The van der Waals surface area contributed by atoms with Gasteiger partial charge in [-0.05, 0) is 12.3 Å². The molecule has 0 amide bonds. The fraction of sp³-hybridized carbons (Fsp3) is 0.526. The summed E-state index contributed by atoms with van der Waals surface area (Å²) >= 11 is 1.06. The van der Waals surface area contributed by atoms with Crippen molar-refractivity contribution in [1.29, 1.82) is 0 Å². The van der Waals surface area contributed by atoms with Crippen molar-refractivity contribution >= 4 is 33.2 Å². The van der Waals surface area contributed by atoms with Gasteiger partial charge in [-0.2, -0.15) is 0 Å². The van der Waals surface area contributed by atoms with E-state index < -0.39 is 26.9 Å². The van der Waals surface area contributed by atoms with Gasteiger partial charge in [0.15, 0.2) is 20.8 Å². The molecule has 0 saturated carbocycles. The number of ketones is 1. The normalized spacial score (nSPS) is 17.7. The number of thioether (sulfide) groups is 1. The minimum Gasteiger partial charge on any atom is -0.384 e. The molecule has 3 rings (SSSR count). The molecule has 2 aromatic rings. The number of allylic oxidation sites excluding steroid dienone is 1. The van der Waals surface area contributed by atoms with Crippen LogP contribution in [0.2, 0.25) is 0 Å². The molecule has 3 heterocycles. The molecular weight excluding hydrogens is 456 g/mol. The number of H-pyrrole nitrogens is 1. The Balaban J connectivity index is 1.85. The number of nitrogen functional groups attached to an aromatic ring is 1. The highest BCUT2D eigenvalue weighted by atomic mass is 32.2. The molecule has 1 aliphatic heterocycles. The molecule has 13 heteroatoms. The summed E-state index contributed by atoms with van der Waals surface area (Å²) in [5, 5.41) is 8.68. The number of hydrogen-bond acceptors (Lipinski definition) is 9. The van der Waals surface area contributed by atoms with E-state index in [0.29, 0.717) is 23.9 Å². The Morgan fingerprint density at radius 3 is 2.66 bits per heavy atom. The van der Waals surface area contributed by atoms with Crippen molar-refractivity contribution in [2.24, 2.45) is 5.92 Å². The number of aromatic amines is 1. The van der Waals surface area contributed by atoms with Gasteiger partial charge in [0.05, 0.1) is 17.3 Å². The zero-order valence-electron chi connectivity index (χ0n) is 17.9. The molecule has 0 aliphatic carbocycles. The zero-order valence-corrected chi connectivity index (χ0v) is 19.5. The number of hydrogen-bond donors (Lipinski definition) is 2. The van der Waals surface area contributed by atoms with Gasteiger partial charge in [-0.15, -0.1) is 16.8 Å². The largest absolute Gasteiger partial charge is 0.384 e. The van der Waals surface area contributed by atoms with E-state index in [1.165, 1.54) is 4.57 Å². The van der Waals surface area contributed by atoms with E-state index >= 15 is 0 Å². The molecule has 2 aromatic heterocycles. The number of rotatable bonds is 9. The van der Waals surface area contributed by atoms with Gasteiger partial charge in [-0.1, -0.05) is 31.7 Å². The molecule has 1 aliphatic rings. The first-order valence-corrected chi connectivity index (χ1v) is 12.9. The minimum atomic E-state index is -3.10. The zero-order chi connectivity index (χ0) is 23.6. The second-order valence-electron chi connectivity index (χ2n) is 8.08. The predicted octanol–water partition coefficient (Wildman–Crippen LogP) is 0.429. The monoisotopic (exact) mass is 482 g/mol. The molecule has 1 unspecified atom stereocenters. The fourth-order valence-electron chi connectivity index (χ4n) is 3.61. The Labute approximate surface area is 189 Å². The molecule has 0 radical (unpaired) electrons. The Morgan fingerprint density at radius 2 is 2.06 bits per heavy atom. The molecule has 0 aromatic carbocycles. The van der Waals surface area contributed by atoms with E-state index in [1.54, 1.807) is 10.6 Å². The molecule has 0 spiro atoms. The van der Waals surface area contributed by atoms with Crippen LogP contribution in [-0.2, 0) is 22.9 Å². The number of nitrogens with one attached hydrogen (secondary N) is 1. The van der Waals surface area contributed by atoms with Crippen molar-refractivity contribution in [2.45, 2.75) is 44.4 Å². The lowest BCUT2D eigenvalue weighted by molar-refractivity contribution is 0.102. The second-order valence-corrected chi connectivity index (χ2v) is 11.2. The maximum Gasteiger partial charge on any atom is 0.329 e. The van der Waals surface area contributed by atoms with Crippen LogP contribution in [0.5, 0.6) is 0 Å². The first-order chi connectivity index (χ1) is 15.0. The summed E-state index contributed by atoms with van der Waals surface area (Å²) in [7, 11) is -3.10. The molecule has 1 atom stereocenters. The number of Topliss-reactive ketones (excluding diaryl/α,β-unsaturated/α-hetero) is 1. The highest BCUT2D eigenvalue weighted by Crippen LogP contribution is 2.30. The summed E-state index contributed by atoms with van der Waals surface area (Å²) < 4.78 is 26.6. The van der Waals surface area contributed by atoms with Crippen molar-refractivity contribution in [3.05, 3.63) is 44.9 Å². The molecule has 1 fully saturated rings. The lowest BCUT2D eigenvalue weighted by Gasteiger charge is -2.14. The Kier molecular flexibility index (Phi) is 7.08. The summed E-state index contributed by atoms with van der Waals surface area (Å²) in [6, 6.07) is 0. The highest BCUT2D eigenvalue weighted by molar-refractivity contribution is 7.99. The Morgan fingerprint density at radius 1 is 1.34 bits per heavy atom. The Bertz CT molecular complexity index is 1260. The molecular formula is C19H26N6O5S2. The van der Waals surface area contributed by atoms with Crippen molar-refractivity contribution in [3.63, 3.8) is 0 Å². The summed E-state index contributed by atoms with van der Waals surface area (Å²) in [6.07, 6.45) is 2.09. The van der Waals surface area contributed by atoms with Crippen LogP contribution in [0, 0.1) is 5.92 Å². The predicted molar refractivity (Wildman–Crippen MR) is 122 cm³/mol. The average molecular weight is 483 g/mol. The quantitative estimate of drug-likeness (QED) is 0.293. The van der Waals surface area contributed by atoms with E-state index in [9.17, 15) is 22.8 Å². The topological polar surface area (TPSA) is 163 Å². The molecule has 1 saturated heterocycles. The standard InChI is InChI=1S/C19H26N6O5S2/c1-4-6-24-16(12-5-7-32(29,30)10-12)22-23-19(24)31-9-13(26)14-15(20)25(8-11(2)3)18(28)21-17(14)27/h4,11-12H,1,5-10,20H2,2-3H3,(H,21,27,28). The summed E-state index contributed by atoms with van der Waals surface area (Å²) in [6.45, 7) is 8.09. The van der Waals surface area contributed by atoms with Crippen molar-refractivity contribution in [2.75, 3.05) is 23.0 Å². The third kappa shape index (κ3) is 5.04. The van der Waals surface area contributed by atoms with Crippen LogP contribution in [0.4, 0.5) is 5.82 Å². The van der Waals surface area contributed by atoms with Gasteiger partial charge in [0.25, 0.3) is 5.56 Å². The van der Waals surface area contributed by atoms with Crippen molar-refractivity contribution in [3.8, 4) is 0 Å². The third-order valence-corrected chi connectivity index (χ3v) is 7.79. The summed E-state index contributed by atoms with van der Waals surface area (Å²) in [5.41, 5.74) is 4.24. The maximum absolute atomic E-state index is 12.8. The van der Waals surface area contributed by atoms with E-state index in [1.807, 2.05) is 13.8 Å². The fourth-order valence-corrected chi connectivity index (χ4v) is 6.18. The van der Waals surface area contributed by atoms with Gasteiger partial charge >= 0.3 is 5.69 Å². The molecule has 0 bridgehead atoms. The molecule has 32 heavy (non-hydrogen) atoms. The third-order valence-electron chi connectivity index (χ3n) is 5.05. The number of nitrogens with two attached hydrogens (primary N) is 1. The Hall–Kier alpha value is -2.67. The number of nitrogens with zero attached hydrogens (tertiary/aromatic N) is 4. The van der Waals surface area contributed by atoms with Gasteiger partial charge in [0.1, 0.15) is 17.2 Å². The van der Waals surface area contributed by atoms with Crippen LogP contribution >= 0.6 is 11.8 Å². The van der Waals surface area contributed by atoms with Crippen LogP contribution < -0.4 is 17.0 Å². The van der Waals surface area contributed by atoms with Gasteiger partial charge < -0.3 is 10.3 Å². The number of aromatic nitrogens is 5. The number of sulfone groups is 1. The molecule has 11 nitrogen and oxygen atoms in total. The van der Waals surface area contributed by atoms with E-state index in [2.05, 4.69) is 21.8 Å². The van der Waals surface area contributed by atoms with Crippen molar-refractivity contribution in [1.82, 2.24) is 24.3 Å². The highest BCUT2D eigenvalue weighted by Gasteiger charge is 2.33. The van der Waals surface area contributed by atoms with Crippen LogP contribution in [0.15, 0.2) is 27.4 Å². The second kappa shape index (κ2) is 9.45. The first kappa shape index (κ1) is 24.0. The molecule has 3 N–H and O–H groups in total.